The zero-order chi connectivity index (χ0) is 23.6. The van der Waals surface area contributed by atoms with Gasteiger partial charge < -0.3 is 15.0 Å². The number of likely N-dealkylation sites (tertiary alicyclic amines) is 1. The zero-order valence-corrected chi connectivity index (χ0v) is 19.6. The molecule has 3 rings (SSSR count). The monoisotopic (exact) mass is 484 g/mol. The fourth-order valence-electron chi connectivity index (χ4n) is 3.61. The van der Waals surface area contributed by atoms with Gasteiger partial charge in [-0.15, -0.1) is 11.8 Å². The van der Waals surface area contributed by atoms with Gasteiger partial charge >= 0.3 is 6.09 Å². The highest BCUT2D eigenvalue weighted by Crippen LogP contribution is 2.27. The van der Waals surface area contributed by atoms with Crippen molar-refractivity contribution in [3.63, 3.8) is 0 Å². The van der Waals surface area contributed by atoms with E-state index >= 15 is 0 Å². The van der Waals surface area contributed by atoms with Gasteiger partial charge in [-0.05, 0) is 39.3 Å². The highest BCUT2D eigenvalue weighted by Gasteiger charge is 2.44. The number of halogens is 1. The lowest BCUT2D eigenvalue weighted by atomic mass is 10.1. The molecule has 12 heteroatoms. The molecule has 2 aliphatic heterocycles. The Morgan fingerprint density at radius 2 is 2.03 bits per heavy atom. The van der Waals surface area contributed by atoms with E-state index in [9.17, 15) is 24.5 Å². The highest BCUT2D eigenvalue weighted by atomic mass is 35.5. The van der Waals surface area contributed by atoms with Gasteiger partial charge in [0.2, 0.25) is 5.91 Å². The average Bonchev–Trinajstić information content (AvgIpc) is 3.36. The van der Waals surface area contributed by atoms with Gasteiger partial charge in [-0.2, -0.15) is 0 Å². The minimum atomic E-state index is -0.789. The molecular formula is C20H25ClN4O6S. The van der Waals surface area contributed by atoms with Crippen LogP contribution in [0.25, 0.3) is 0 Å². The number of nitrogens with one attached hydrogen (secondary N) is 1. The summed E-state index contributed by atoms with van der Waals surface area (Å²) < 4.78 is 5.46. The van der Waals surface area contributed by atoms with Crippen molar-refractivity contribution in [3.05, 3.63) is 38.9 Å². The second-order valence-electron chi connectivity index (χ2n) is 8.61. The second-order valence-corrected chi connectivity index (χ2v) is 10.1. The molecule has 2 heterocycles. The van der Waals surface area contributed by atoms with Crippen LogP contribution < -0.4 is 5.32 Å². The SMILES string of the molecule is CC(C)(C)OC(=O)N1C[C@@H](NC(=O)c2cc(Cl)ccc2[N+](=O)[O-])C[C@H]1C(=O)N1CCSC1. The molecule has 1 aromatic rings. The summed E-state index contributed by atoms with van der Waals surface area (Å²) in [6.45, 7) is 5.83. The van der Waals surface area contributed by atoms with Crippen molar-refractivity contribution in [2.75, 3.05) is 24.7 Å². The Hall–Kier alpha value is -2.53. The first kappa shape index (κ1) is 24.1. The number of hydrogen-bond donors (Lipinski definition) is 1. The number of ether oxygens (including phenoxy) is 1. The zero-order valence-electron chi connectivity index (χ0n) is 18.0. The molecule has 2 saturated heterocycles. The van der Waals surface area contributed by atoms with E-state index in [1.54, 1.807) is 37.4 Å². The number of nitro benzene ring substituents is 1. The van der Waals surface area contributed by atoms with Crippen LogP contribution in [0.4, 0.5) is 10.5 Å². The Morgan fingerprint density at radius 3 is 2.62 bits per heavy atom. The molecule has 0 bridgehead atoms. The van der Waals surface area contributed by atoms with Gasteiger partial charge in [0, 0.05) is 36.0 Å². The summed E-state index contributed by atoms with van der Waals surface area (Å²) in [7, 11) is 0. The number of amides is 3. The van der Waals surface area contributed by atoms with Crippen LogP contribution in [0.15, 0.2) is 18.2 Å². The predicted molar refractivity (Wildman–Crippen MR) is 120 cm³/mol. The van der Waals surface area contributed by atoms with Crippen molar-refractivity contribution < 1.29 is 24.0 Å². The van der Waals surface area contributed by atoms with E-state index in [1.807, 2.05) is 0 Å². The van der Waals surface area contributed by atoms with Crippen molar-refractivity contribution in [1.29, 1.82) is 0 Å². The summed E-state index contributed by atoms with van der Waals surface area (Å²) >= 11 is 7.55. The quantitative estimate of drug-likeness (QED) is 0.515. The molecule has 0 aliphatic carbocycles. The van der Waals surface area contributed by atoms with E-state index in [1.165, 1.54) is 17.0 Å². The molecule has 0 radical (unpaired) electrons. The Morgan fingerprint density at radius 1 is 1.31 bits per heavy atom. The maximum Gasteiger partial charge on any atom is 0.411 e. The third-order valence-electron chi connectivity index (χ3n) is 5.01. The first-order chi connectivity index (χ1) is 15.0. The Kier molecular flexibility index (Phi) is 7.19. The molecule has 2 aliphatic rings. The van der Waals surface area contributed by atoms with Gasteiger partial charge in [0.1, 0.15) is 17.2 Å². The van der Waals surface area contributed by atoms with E-state index in [4.69, 9.17) is 16.3 Å². The third-order valence-corrected chi connectivity index (χ3v) is 6.21. The van der Waals surface area contributed by atoms with E-state index < -0.39 is 34.6 Å². The minimum Gasteiger partial charge on any atom is -0.444 e. The molecule has 0 saturated carbocycles. The molecule has 32 heavy (non-hydrogen) atoms. The van der Waals surface area contributed by atoms with Crippen LogP contribution in [-0.2, 0) is 9.53 Å². The smallest absolute Gasteiger partial charge is 0.411 e. The van der Waals surface area contributed by atoms with Crippen molar-refractivity contribution >= 4 is 47.0 Å². The Balaban J connectivity index is 1.80. The maximum absolute atomic E-state index is 13.1. The van der Waals surface area contributed by atoms with Crippen LogP contribution in [0.5, 0.6) is 0 Å². The van der Waals surface area contributed by atoms with Crippen LogP contribution in [0, 0.1) is 10.1 Å². The number of carbonyl (C=O) groups is 3. The van der Waals surface area contributed by atoms with Gasteiger partial charge in [-0.1, -0.05) is 11.6 Å². The number of nitrogens with zero attached hydrogens (tertiary/aromatic N) is 3. The molecule has 1 N–H and O–H groups in total. The van der Waals surface area contributed by atoms with Crippen LogP contribution in [0.3, 0.4) is 0 Å². The predicted octanol–water partition coefficient (Wildman–Crippen LogP) is 2.89. The van der Waals surface area contributed by atoms with E-state index in [0.717, 1.165) is 11.8 Å². The van der Waals surface area contributed by atoms with Gasteiger partial charge in [0.15, 0.2) is 0 Å². The summed E-state index contributed by atoms with van der Waals surface area (Å²) in [6, 6.07) is 2.34. The molecule has 10 nitrogen and oxygen atoms in total. The topological polar surface area (TPSA) is 122 Å². The number of nitro groups is 1. The van der Waals surface area contributed by atoms with Gasteiger partial charge in [0.25, 0.3) is 11.6 Å². The van der Waals surface area contributed by atoms with E-state index in [-0.39, 0.29) is 35.1 Å². The van der Waals surface area contributed by atoms with Gasteiger partial charge in [-0.3, -0.25) is 24.6 Å². The number of thioether (sulfide) groups is 1. The molecule has 2 fully saturated rings. The summed E-state index contributed by atoms with van der Waals surface area (Å²) in [5.41, 5.74) is -1.32. The van der Waals surface area contributed by atoms with Crippen LogP contribution >= 0.6 is 23.4 Å². The fraction of sp³-hybridized carbons (Fsp3) is 0.550. The number of hydrogen-bond acceptors (Lipinski definition) is 7. The number of benzene rings is 1. The molecular weight excluding hydrogens is 460 g/mol. The van der Waals surface area contributed by atoms with Crippen molar-refractivity contribution in [2.24, 2.45) is 0 Å². The van der Waals surface area contributed by atoms with Crippen molar-refractivity contribution in [3.8, 4) is 0 Å². The summed E-state index contributed by atoms with van der Waals surface area (Å²) in [6.07, 6.45) is -0.465. The maximum atomic E-state index is 13.1. The van der Waals surface area contributed by atoms with Crippen molar-refractivity contribution in [1.82, 2.24) is 15.1 Å². The summed E-state index contributed by atoms with van der Waals surface area (Å²) in [5.74, 6) is 0.469. The highest BCUT2D eigenvalue weighted by molar-refractivity contribution is 7.99. The molecule has 0 spiro atoms. The lowest BCUT2D eigenvalue weighted by Gasteiger charge is -2.29. The van der Waals surface area contributed by atoms with E-state index in [0.29, 0.717) is 12.4 Å². The van der Waals surface area contributed by atoms with E-state index in [2.05, 4.69) is 5.32 Å². The third kappa shape index (κ3) is 5.63. The summed E-state index contributed by atoms with van der Waals surface area (Å²) in [4.78, 5) is 52.3. The van der Waals surface area contributed by atoms with Crippen LogP contribution in [0.2, 0.25) is 5.02 Å². The molecule has 3 amide bonds. The normalized spacial score (nSPS) is 20.9. The van der Waals surface area contributed by atoms with Gasteiger partial charge in [-0.25, -0.2) is 4.79 Å². The molecule has 174 valence electrons. The molecule has 0 aromatic heterocycles. The van der Waals surface area contributed by atoms with Crippen LogP contribution in [0.1, 0.15) is 37.6 Å². The minimum absolute atomic E-state index is 0.0480. The lowest BCUT2D eigenvalue weighted by Crippen LogP contribution is -2.48. The molecule has 0 unspecified atom stereocenters. The van der Waals surface area contributed by atoms with Gasteiger partial charge in [0.05, 0.1) is 10.8 Å². The molecule has 1 aromatic carbocycles. The standard InChI is InChI=1S/C20H25ClN4O6S/c1-20(2,3)31-19(28)24-10-13(9-16(24)18(27)23-6-7-32-11-23)22-17(26)14-8-12(21)4-5-15(14)25(29)30/h4-5,8,13,16H,6-7,9-11H2,1-3H3,(H,22,26)/t13-,16-/m0/s1. The number of carbonyl (C=O) groups excluding carboxylic acids is 3. The Labute approximate surface area is 194 Å². The fourth-order valence-corrected chi connectivity index (χ4v) is 4.74. The second kappa shape index (κ2) is 9.53. The first-order valence-electron chi connectivity index (χ1n) is 10.1. The lowest BCUT2D eigenvalue weighted by molar-refractivity contribution is -0.385. The Bertz CT molecular complexity index is 931. The number of rotatable bonds is 4. The first-order valence-corrected chi connectivity index (χ1v) is 11.6. The summed E-state index contributed by atoms with van der Waals surface area (Å²) in [5, 5.41) is 14.2. The molecule has 2 atom stereocenters. The van der Waals surface area contributed by atoms with Crippen LogP contribution in [-0.4, -0.2) is 75.0 Å². The van der Waals surface area contributed by atoms with Crippen molar-refractivity contribution in [2.45, 2.75) is 44.9 Å². The average molecular weight is 485 g/mol. The largest absolute Gasteiger partial charge is 0.444 e.